The molecule has 3 aromatic rings. The number of nitrogens with one attached hydrogen (secondary N) is 1. The van der Waals surface area contributed by atoms with E-state index in [9.17, 15) is 0 Å². The Morgan fingerprint density at radius 1 is 0.828 bits per heavy atom. The SMILES string of the molecule is COc1cc(CNc2cc(Cl)cc(Cl)c2)cc(Cl)c1OCc1c(Cl)cccc1Cl. The lowest BCUT2D eigenvalue weighted by Crippen LogP contribution is -2.03. The second kappa shape index (κ2) is 10.0. The number of anilines is 1. The summed E-state index contributed by atoms with van der Waals surface area (Å²) in [4.78, 5) is 0. The number of hydrogen-bond acceptors (Lipinski definition) is 3. The third-order valence-electron chi connectivity index (χ3n) is 4.07. The van der Waals surface area contributed by atoms with Crippen LogP contribution in [-0.4, -0.2) is 7.11 Å². The van der Waals surface area contributed by atoms with E-state index in [1.165, 1.54) is 0 Å². The average Bonchev–Trinajstić information content (AvgIpc) is 2.66. The van der Waals surface area contributed by atoms with E-state index in [1.807, 2.05) is 6.07 Å². The van der Waals surface area contributed by atoms with Crippen LogP contribution in [0.5, 0.6) is 11.5 Å². The molecule has 1 N–H and O–H groups in total. The molecule has 0 aliphatic rings. The zero-order valence-corrected chi connectivity index (χ0v) is 19.0. The summed E-state index contributed by atoms with van der Waals surface area (Å²) in [6.07, 6.45) is 0. The lowest BCUT2D eigenvalue weighted by molar-refractivity contribution is 0.284. The molecule has 0 aliphatic heterocycles. The van der Waals surface area contributed by atoms with Gasteiger partial charge in [0.25, 0.3) is 0 Å². The van der Waals surface area contributed by atoms with Gasteiger partial charge in [-0.25, -0.2) is 0 Å². The van der Waals surface area contributed by atoms with Gasteiger partial charge in [-0.15, -0.1) is 0 Å². The number of methoxy groups -OCH3 is 1. The maximum absolute atomic E-state index is 6.45. The molecule has 0 aromatic heterocycles. The molecule has 0 aliphatic carbocycles. The van der Waals surface area contributed by atoms with Crippen LogP contribution in [0, 0.1) is 0 Å². The van der Waals surface area contributed by atoms with Gasteiger partial charge >= 0.3 is 0 Å². The largest absolute Gasteiger partial charge is 0.493 e. The molecule has 0 spiro atoms. The van der Waals surface area contributed by atoms with Crippen molar-refractivity contribution >= 4 is 63.7 Å². The second-order valence-corrected chi connectivity index (χ2v) is 8.20. The van der Waals surface area contributed by atoms with Crippen LogP contribution < -0.4 is 14.8 Å². The Morgan fingerprint density at radius 2 is 1.48 bits per heavy atom. The van der Waals surface area contributed by atoms with Gasteiger partial charge in [-0.3, -0.25) is 0 Å². The van der Waals surface area contributed by atoms with Gasteiger partial charge in [0.05, 0.1) is 12.1 Å². The summed E-state index contributed by atoms with van der Waals surface area (Å²) < 4.78 is 11.3. The van der Waals surface area contributed by atoms with Crippen molar-refractivity contribution in [3.8, 4) is 11.5 Å². The highest BCUT2D eigenvalue weighted by Crippen LogP contribution is 2.38. The fraction of sp³-hybridized carbons (Fsp3) is 0.143. The van der Waals surface area contributed by atoms with Crippen LogP contribution in [0.1, 0.15) is 11.1 Å². The monoisotopic (exact) mass is 489 g/mol. The van der Waals surface area contributed by atoms with Crippen LogP contribution in [-0.2, 0) is 13.2 Å². The molecular weight excluding hydrogens is 476 g/mol. The zero-order valence-electron chi connectivity index (χ0n) is 15.2. The summed E-state index contributed by atoms with van der Waals surface area (Å²) in [7, 11) is 1.55. The number of ether oxygens (including phenoxy) is 2. The summed E-state index contributed by atoms with van der Waals surface area (Å²) in [5, 5.41) is 5.82. The van der Waals surface area contributed by atoms with Crippen molar-refractivity contribution in [1.29, 1.82) is 0 Å². The predicted octanol–water partition coefficient (Wildman–Crippen LogP) is 8.15. The Hall–Kier alpha value is -1.49. The van der Waals surface area contributed by atoms with Gasteiger partial charge in [0.1, 0.15) is 6.61 Å². The van der Waals surface area contributed by atoms with Crippen molar-refractivity contribution in [2.24, 2.45) is 0 Å². The molecule has 29 heavy (non-hydrogen) atoms. The van der Waals surface area contributed by atoms with Gasteiger partial charge in [-0.05, 0) is 48.0 Å². The van der Waals surface area contributed by atoms with E-state index >= 15 is 0 Å². The standard InChI is InChI=1S/C21H16Cl5NO2/c1-28-20-6-12(10-27-15-8-13(22)7-14(23)9-15)5-19(26)21(20)29-11-16-17(24)3-2-4-18(16)25/h2-9,27H,10-11H2,1H3. The molecule has 0 fully saturated rings. The van der Waals surface area contributed by atoms with Crippen molar-refractivity contribution in [3.05, 3.63) is 84.8 Å². The normalized spacial score (nSPS) is 10.7. The predicted molar refractivity (Wildman–Crippen MR) is 123 cm³/mol. The molecular formula is C21H16Cl5NO2. The Labute approximate surface area is 194 Å². The van der Waals surface area contributed by atoms with Gasteiger partial charge in [0, 0.05) is 37.9 Å². The Balaban J connectivity index is 1.76. The van der Waals surface area contributed by atoms with E-state index in [1.54, 1.807) is 49.6 Å². The van der Waals surface area contributed by atoms with E-state index in [4.69, 9.17) is 67.5 Å². The van der Waals surface area contributed by atoms with E-state index in [2.05, 4.69) is 5.32 Å². The maximum Gasteiger partial charge on any atom is 0.180 e. The molecule has 0 bridgehead atoms. The first kappa shape index (κ1) is 22.2. The molecule has 0 radical (unpaired) electrons. The number of rotatable bonds is 7. The van der Waals surface area contributed by atoms with E-state index < -0.39 is 0 Å². The quantitative estimate of drug-likeness (QED) is 0.362. The van der Waals surface area contributed by atoms with Crippen LogP contribution in [0.25, 0.3) is 0 Å². The van der Waals surface area contributed by atoms with E-state index in [-0.39, 0.29) is 6.61 Å². The molecule has 0 amide bonds. The van der Waals surface area contributed by atoms with Gasteiger partial charge in [0.2, 0.25) is 0 Å². The van der Waals surface area contributed by atoms with Crippen LogP contribution in [0.3, 0.4) is 0 Å². The lowest BCUT2D eigenvalue weighted by atomic mass is 10.2. The number of benzene rings is 3. The molecule has 152 valence electrons. The van der Waals surface area contributed by atoms with Crippen LogP contribution in [0.2, 0.25) is 25.1 Å². The molecule has 3 rings (SSSR count). The third kappa shape index (κ3) is 5.78. The van der Waals surface area contributed by atoms with Crippen molar-refractivity contribution in [3.63, 3.8) is 0 Å². The van der Waals surface area contributed by atoms with Crippen molar-refractivity contribution in [1.82, 2.24) is 0 Å². The van der Waals surface area contributed by atoms with Crippen LogP contribution >= 0.6 is 58.0 Å². The second-order valence-electron chi connectivity index (χ2n) is 6.11. The highest BCUT2D eigenvalue weighted by molar-refractivity contribution is 6.36. The third-order valence-corrected chi connectivity index (χ3v) is 5.50. The van der Waals surface area contributed by atoms with Crippen molar-refractivity contribution in [2.45, 2.75) is 13.2 Å². The fourth-order valence-corrected chi connectivity index (χ4v) is 4.01. The molecule has 3 aromatic carbocycles. The summed E-state index contributed by atoms with van der Waals surface area (Å²) in [5.74, 6) is 0.918. The minimum Gasteiger partial charge on any atom is -0.493 e. The highest BCUT2D eigenvalue weighted by atomic mass is 35.5. The molecule has 0 saturated heterocycles. The van der Waals surface area contributed by atoms with Crippen LogP contribution in [0.15, 0.2) is 48.5 Å². The van der Waals surface area contributed by atoms with Crippen molar-refractivity contribution in [2.75, 3.05) is 12.4 Å². The summed E-state index contributed by atoms with van der Waals surface area (Å²) >= 11 is 30.9. The molecule has 0 heterocycles. The molecule has 0 atom stereocenters. The minimum atomic E-state index is 0.160. The Morgan fingerprint density at radius 3 is 2.10 bits per heavy atom. The van der Waals surface area contributed by atoms with Crippen LogP contribution in [0.4, 0.5) is 5.69 Å². The molecule has 8 heteroatoms. The Bertz CT molecular complexity index is 986. The lowest BCUT2D eigenvalue weighted by Gasteiger charge is -2.16. The van der Waals surface area contributed by atoms with Gasteiger partial charge in [0.15, 0.2) is 11.5 Å². The van der Waals surface area contributed by atoms with E-state index in [0.717, 1.165) is 11.3 Å². The summed E-state index contributed by atoms with van der Waals surface area (Å²) in [5.41, 5.74) is 2.37. The fourth-order valence-electron chi connectivity index (χ4n) is 2.69. The Kier molecular flexibility index (Phi) is 7.66. The molecule has 0 saturated carbocycles. The first-order valence-electron chi connectivity index (χ1n) is 8.49. The molecule has 3 nitrogen and oxygen atoms in total. The number of halogens is 5. The summed E-state index contributed by atoms with van der Waals surface area (Å²) in [6, 6.07) is 14.2. The smallest absolute Gasteiger partial charge is 0.180 e. The highest BCUT2D eigenvalue weighted by Gasteiger charge is 2.14. The van der Waals surface area contributed by atoms with Gasteiger partial charge in [-0.1, -0.05) is 64.1 Å². The topological polar surface area (TPSA) is 30.5 Å². The van der Waals surface area contributed by atoms with Crippen molar-refractivity contribution < 1.29 is 9.47 Å². The van der Waals surface area contributed by atoms with Gasteiger partial charge in [-0.2, -0.15) is 0 Å². The average molecular weight is 492 g/mol. The van der Waals surface area contributed by atoms with Gasteiger partial charge < -0.3 is 14.8 Å². The van der Waals surface area contributed by atoms with E-state index in [0.29, 0.717) is 48.7 Å². The summed E-state index contributed by atoms with van der Waals surface area (Å²) in [6.45, 7) is 0.649. The minimum absolute atomic E-state index is 0.160. The number of hydrogen-bond donors (Lipinski definition) is 1. The first-order chi connectivity index (χ1) is 13.9. The maximum atomic E-state index is 6.45. The zero-order chi connectivity index (χ0) is 21.0. The first-order valence-corrected chi connectivity index (χ1v) is 10.4. The molecule has 0 unspecified atom stereocenters.